The number of thiol groups is 1. The van der Waals surface area contributed by atoms with Gasteiger partial charge in [0.15, 0.2) is 0 Å². The molecule has 6 heterocycles. The van der Waals surface area contributed by atoms with Crippen LogP contribution >= 0.6 is 12.6 Å². The van der Waals surface area contributed by atoms with Crippen LogP contribution in [0.15, 0.2) is 0 Å². The summed E-state index contributed by atoms with van der Waals surface area (Å²) in [4.78, 5) is 0. The van der Waals surface area contributed by atoms with Crippen molar-refractivity contribution in [3.63, 3.8) is 0 Å². The van der Waals surface area contributed by atoms with Gasteiger partial charge in [-0.3, -0.25) is 0 Å². The van der Waals surface area contributed by atoms with Crippen molar-refractivity contribution in [2.45, 2.75) is 145 Å². The molecule has 6 rings (SSSR count). The lowest BCUT2D eigenvalue weighted by Gasteiger charge is -2.64. The van der Waals surface area contributed by atoms with Crippen LogP contribution < -0.4 is 0 Å². The molecule has 0 aliphatic carbocycles. The van der Waals surface area contributed by atoms with Crippen molar-refractivity contribution < 1.29 is 49.4 Å². The highest BCUT2D eigenvalue weighted by atomic mass is 32.1. The summed E-state index contributed by atoms with van der Waals surface area (Å²) in [5.74, 6) is 1.42. The summed E-state index contributed by atoms with van der Waals surface area (Å²) < 4.78 is 92.1. The van der Waals surface area contributed by atoms with Crippen LogP contribution in [0.25, 0.3) is 0 Å². The van der Waals surface area contributed by atoms with Crippen LogP contribution in [0.2, 0.25) is 48.4 Å². The molecule has 51 heavy (non-hydrogen) atoms. The third kappa shape index (κ3) is 10.0. The number of rotatable bonds is 16. The second-order valence-electron chi connectivity index (χ2n) is 18.3. The van der Waals surface area contributed by atoms with Gasteiger partial charge in [0.1, 0.15) is 0 Å². The predicted octanol–water partition coefficient (Wildman–Crippen LogP) is 8.29. The zero-order valence-electron chi connectivity index (χ0n) is 33.8. The summed E-state index contributed by atoms with van der Waals surface area (Å²) in [6.07, 6.45) is 0. The first kappa shape index (κ1) is 43.7. The van der Waals surface area contributed by atoms with Crippen LogP contribution in [0.5, 0.6) is 0 Å². The normalized spacial score (nSPS) is 42.5. The summed E-state index contributed by atoms with van der Waals surface area (Å²) >= 11 is 4.79. The lowest BCUT2D eigenvalue weighted by molar-refractivity contribution is -0.0337. The Labute approximate surface area is 323 Å². The standard InChI is InChI=1S/C30H68O12SSi8/c1-24(2)17-45-31-44(16-15-43)32-46(18-25(3)4)36-48(34-45,20-27(7)8)40-51(23-30(13)14)41-49(35-45,21-28(9)10)37-47(33-44,19-26(5)6)39-50(38-46,42-51)22-29(11)12/h24-30,43H,15-23H2,1-14H3. The van der Waals surface area contributed by atoms with E-state index in [9.17, 15) is 0 Å². The maximum absolute atomic E-state index is 7.71. The zero-order chi connectivity index (χ0) is 37.9. The van der Waals surface area contributed by atoms with E-state index in [1.165, 1.54) is 0 Å². The van der Waals surface area contributed by atoms with Crippen molar-refractivity contribution >= 4 is 83.1 Å². The van der Waals surface area contributed by atoms with Gasteiger partial charge in [-0.25, -0.2) is 0 Å². The van der Waals surface area contributed by atoms with Gasteiger partial charge in [-0.05, 0) is 47.2 Å². The van der Waals surface area contributed by atoms with E-state index in [1.807, 2.05) is 0 Å². The average Bonchev–Trinajstić information content (AvgIpc) is 2.80. The minimum atomic E-state index is -3.87. The fraction of sp³-hybridized carbons (Fsp3) is 1.00. The smallest absolute Gasteiger partial charge is 0.373 e. The van der Waals surface area contributed by atoms with E-state index in [1.54, 1.807) is 0 Å². The van der Waals surface area contributed by atoms with Gasteiger partial charge in [0.05, 0.1) is 0 Å². The topological polar surface area (TPSA) is 111 Å². The molecule has 0 aromatic carbocycles. The number of hydrogen-bond acceptors (Lipinski definition) is 13. The summed E-state index contributed by atoms with van der Waals surface area (Å²) in [5.41, 5.74) is 0. The quantitative estimate of drug-likeness (QED) is 0.119. The van der Waals surface area contributed by atoms with Crippen molar-refractivity contribution in [3.05, 3.63) is 0 Å². The maximum Gasteiger partial charge on any atom is 0.479 e. The first-order valence-corrected chi connectivity index (χ1v) is 35.6. The van der Waals surface area contributed by atoms with Gasteiger partial charge in [-0.15, -0.1) is 0 Å². The van der Waals surface area contributed by atoms with Crippen LogP contribution in [0.3, 0.4) is 0 Å². The van der Waals surface area contributed by atoms with Crippen LogP contribution in [-0.4, -0.2) is 76.2 Å². The van der Waals surface area contributed by atoms with E-state index in [4.69, 9.17) is 62.0 Å². The molecule has 6 saturated heterocycles. The molecule has 0 atom stereocenters. The minimum Gasteiger partial charge on any atom is -0.373 e. The Morgan fingerprint density at radius 2 is 0.412 bits per heavy atom. The van der Waals surface area contributed by atoms with Crippen molar-refractivity contribution in [1.82, 2.24) is 0 Å². The Bertz CT molecular complexity index is 1070. The molecule has 6 aliphatic heterocycles. The lowest BCUT2D eigenvalue weighted by Crippen LogP contribution is -2.88. The van der Waals surface area contributed by atoms with E-state index in [0.29, 0.717) is 54.1 Å². The van der Waals surface area contributed by atoms with E-state index < -0.39 is 70.4 Å². The Kier molecular flexibility index (Phi) is 13.5. The van der Waals surface area contributed by atoms with Gasteiger partial charge < -0.3 is 49.4 Å². The molecule has 12 nitrogen and oxygen atoms in total. The van der Waals surface area contributed by atoms with Crippen LogP contribution in [0.1, 0.15) is 96.9 Å². The van der Waals surface area contributed by atoms with E-state index in [0.717, 1.165) is 0 Å². The third-order valence-corrected chi connectivity index (χ3v) is 49.3. The fourth-order valence-corrected chi connectivity index (χ4v) is 60.1. The summed E-state index contributed by atoms with van der Waals surface area (Å²) in [5, 5.41) is 0. The van der Waals surface area contributed by atoms with Gasteiger partial charge in [0, 0.05) is 48.4 Å². The Morgan fingerprint density at radius 1 is 0.275 bits per heavy atom. The maximum atomic E-state index is 7.71. The van der Waals surface area contributed by atoms with E-state index in [2.05, 4.69) is 96.9 Å². The van der Waals surface area contributed by atoms with Gasteiger partial charge in [0.2, 0.25) is 0 Å². The monoisotopic (exact) mass is 876 g/mol. The largest absolute Gasteiger partial charge is 0.479 e. The molecule has 0 aromatic heterocycles. The van der Waals surface area contributed by atoms with E-state index in [-0.39, 0.29) is 41.4 Å². The molecule has 0 spiro atoms. The molecule has 8 bridgehead atoms. The van der Waals surface area contributed by atoms with Crippen molar-refractivity contribution in [3.8, 4) is 0 Å². The molecular weight excluding hydrogens is 809 g/mol. The van der Waals surface area contributed by atoms with Crippen molar-refractivity contribution in [1.29, 1.82) is 0 Å². The molecule has 0 aromatic rings. The second kappa shape index (κ2) is 15.7. The lowest BCUT2D eigenvalue weighted by atomic mass is 10.3. The fourth-order valence-electron chi connectivity index (χ4n) is 8.01. The van der Waals surface area contributed by atoms with Crippen LogP contribution in [0, 0.1) is 41.4 Å². The molecule has 6 fully saturated rings. The molecule has 0 radical (unpaired) electrons. The molecule has 0 amide bonds. The third-order valence-electron chi connectivity index (χ3n) is 8.76. The highest BCUT2D eigenvalue weighted by molar-refractivity contribution is 7.80. The average molecular weight is 878 g/mol. The van der Waals surface area contributed by atoms with E-state index >= 15 is 0 Å². The highest BCUT2D eigenvalue weighted by Crippen LogP contribution is 2.55. The Morgan fingerprint density at radius 3 is 0.529 bits per heavy atom. The first-order chi connectivity index (χ1) is 23.5. The van der Waals surface area contributed by atoms with Crippen LogP contribution in [-0.2, 0) is 49.4 Å². The number of hydrogen-bond donors (Lipinski definition) is 1. The SMILES string of the molecule is CC(C)C[Si]12O[Si]3(CCS)O[Si]4(CC(C)C)O[Si](CC(C)C)(O1)O[Si]1(CC(C)C)O[Si](CC(C)C)(O2)O[Si](CC(C)C)(O3)O[Si](CC(C)C)(O4)O1. The zero-order valence-corrected chi connectivity index (χ0v) is 42.6. The first-order valence-electron chi connectivity index (χ1n) is 19.5. The molecule has 0 saturated carbocycles. The second-order valence-corrected chi connectivity index (χ2v) is 42.9. The molecule has 6 aliphatic rings. The summed E-state index contributed by atoms with van der Waals surface area (Å²) in [6.45, 7) is 30.3. The molecular formula is C30H68O12SSi8. The molecule has 21 heteroatoms. The molecule has 0 N–H and O–H groups in total. The highest BCUT2D eigenvalue weighted by Gasteiger charge is 2.83. The summed E-state index contributed by atoms with van der Waals surface area (Å²) in [6, 6.07) is 3.86. The minimum absolute atomic E-state index is 0.137. The van der Waals surface area contributed by atoms with Gasteiger partial charge in [-0.1, -0.05) is 96.9 Å². The van der Waals surface area contributed by atoms with Gasteiger partial charge in [0.25, 0.3) is 0 Å². The Balaban J connectivity index is 1.96. The van der Waals surface area contributed by atoms with Crippen LogP contribution in [0.4, 0.5) is 0 Å². The Hall–Kier alpha value is 1.61. The molecule has 298 valence electrons. The van der Waals surface area contributed by atoms with Gasteiger partial charge in [-0.2, -0.15) is 12.6 Å². The van der Waals surface area contributed by atoms with Gasteiger partial charge >= 0.3 is 70.4 Å². The van der Waals surface area contributed by atoms with Crippen molar-refractivity contribution in [2.24, 2.45) is 41.4 Å². The van der Waals surface area contributed by atoms with Crippen molar-refractivity contribution in [2.75, 3.05) is 5.75 Å². The molecule has 0 unspecified atom stereocenters. The predicted molar refractivity (Wildman–Crippen MR) is 215 cm³/mol. The summed E-state index contributed by atoms with van der Waals surface area (Å²) in [7, 11) is -30.8.